The minimum Gasteiger partial charge on any atom is -0.258 e. The zero-order valence-electron chi connectivity index (χ0n) is 12.2. The number of hydrogen-bond acceptors (Lipinski definition) is 4. The predicted molar refractivity (Wildman–Crippen MR) is 83.0 cm³/mol. The van der Waals surface area contributed by atoms with Crippen LogP contribution in [-0.2, 0) is 10.0 Å². The maximum atomic E-state index is 12.5. The van der Waals surface area contributed by atoms with E-state index in [-0.39, 0.29) is 10.6 Å². The molecule has 2 rings (SSSR count). The van der Waals surface area contributed by atoms with Gasteiger partial charge in [-0.1, -0.05) is 36.4 Å². The van der Waals surface area contributed by atoms with Crippen LogP contribution >= 0.6 is 0 Å². The average Bonchev–Trinajstić information content (AvgIpc) is 2.47. The summed E-state index contributed by atoms with van der Waals surface area (Å²) in [5.41, 5.74) is 1.02. The third-order valence-electron chi connectivity index (χ3n) is 3.30. The second-order valence-electron chi connectivity index (χ2n) is 4.96. The van der Waals surface area contributed by atoms with Gasteiger partial charge in [-0.15, -0.1) is 0 Å². The fourth-order valence-corrected chi connectivity index (χ4v) is 3.59. The number of rotatable bonds is 5. The molecule has 1 N–H and O–H groups in total. The number of nitrogens with zero attached hydrogens (tertiary/aromatic N) is 1. The zero-order valence-corrected chi connectivity index (χ0v) is 13.0. The molecule has 0 heterocycles. The van der Waals surface area contributed by atoms with E-state index in [1.165, 1.54) is 12.1 Å². The summed E-state index contributed by atoms with van der Waals surface area (Å²) in [6.07, 6.45) is 0. The van der Waals surface area contributed by atoms with E-state index in [0.29, 0.717) is 5.56 Å². The van der Waals surface area contributed by atoms with Gasteiger partial charge in [0.05, 0.1) is 9.82 Å². The van der Waals surface area contributed by atoms with Gasteiger partial charge in [0.1, 0.15) is 0 Å². The van der Waals surface area contributed by atoms with Crippen molar-refractivity contribution in [3.05, 3.63) is 69.8 Å². The van der Waals surface area contributed by atoms with Gasteiger partial charge >= 0.3 is 0 Å². The Balaban J connectivity index is 2.35. The topological polar surface area (TPSA) is 89.3 Å². The average molecular weight is 320 g/mol. The molecule has 2 aromatic rings. The Morgan fingerprint density at radius 3 is 2.36 bits per heavy atom. The van der Waals surface area contributed by atoms with Crippen molar-refractivity contribution in [3.8, 4) is 0 Å². The number of nitro benzene ring substituents is 1. The summed E-state index contributed by atoms with van der Waals surface area (Å²) in [5, 5.41) is 10.8. The van der Waals surface area contributed by atoms with Crippen LogP contribution in [0.25, 0.3) is 0 Å². The number of sulfonamides is 1. The molecule has 0 saturated carbocycles. The standard InChI is InChI=1S/C15H16N2O4S/c1-11-8-9-14(17(18)19)10-15(11)22(20,21)16-12(2)13-6-4-3-5-7-13/h3-10,12,16H,1-2H3/t12-/m1/s1. The van der Waals surface area contributed by atoms with Gasteiger partial charge in [0.2, 0.25) is 10.0 Å². The normalized spacial score (nSPS) is 12.8. The Morgan fingerprint density at radius 1 is 1.14 bits per heavy atom. The minimum atomic E-state index is -3.85. The SMILES string of the molecule is Cc1ccc([N+](=O)[O-])cc1S(=O)(=O)N[C@H](C)c1ccccc1. The Labute approximate surface area is 129 Å². The number of hydrogen-bond donors (Lipinski definition) is 1. The molecule has 0 saturated heterocycles. The van der Waals surface area contributed by atoms with Crippen molar-refractivity contribution in [1.82, 2.24) is 4.72 Å². The molecule has 0 aliphatic rings. The van der Waals surface area contributed by atoms with Crippen molar-refractivity contribution in [2.75, 3.05) is 0 Å². The lowest BCUT2D eigenvalue weighted by Crippen LogP contribution is -2.27. The number of aryl methyl sites for hydroxylation is 1. The van der Waals surface area contributed by atoms with E-state index in [0.717, 1.165) is 11.6 Å². The van der Waals surface area contributed by atoms with Crippen molar-refractivity contribution in [2.45, 2.75) is 24.8 Å². The number of nitrogens with one attached hydrogen (secondary N) is 1. The Bertz CT molecular complexity index is 788. The van der Waals surface area contributed by atoms with Crippen LogP contribution in [0.2, 0.25) is 0 Å². The molecule has 0 aromatic heterocycles. The van der Waals surface area contributed by atoms with Gasteiger partial charge in [-0.25, -0.2) is 13.1 Å². The minimum absolute atomic E-state index is 0.0792. The van der Waals surface area contributed by atoms with Crippen molar-refractivity contribution in [3.63, 3.8) is 0 Å². The fourth-order valence-electron chi connectivity index (χ4n) is 2.10. The molecule has 0 amide bonds. The highest BCUT2D eigenvalue weighted by Crippen LogP contribution is 2.23. The first-order chi connectivity index (χ1) is 10.3. The molecule has 22 heavy (non-hydrogen) atoms. The second kappa shape index (κ2) is 6.25. The molecule has 0 spiro atoms. The van der Waals surface area contributed by atoms with Gasteiger partial charge < -0.3 is 0 Å². The molecule has 0 radical (unpaired) electrons. The Morgan fingerprint density at radius 2 is 1.77 bits per heavy atom. The van der Waals surface area contributed by atoms with Crippen molar-refractivity contribution in [2.24, 2.45) is 0 Å². The highest BCUT2D eigenvalue weighted by Gasteiger charge is 2.22. The molecule has 0 aliphatic heterocycles. The quantitative estimate of drug-likeness (QED) is 0.677. The van der Waals surface area contributed by atoms with Crippen LogP contribution in [0, 0.1) is 17.0 Å². The molecule has 2 aromatic carbocycles. The lowest BCUT2D eigenvalue weighted by atomic mass is 10.1. The monoisotopic (exact) mass is 320 g/mol. The van der Waals surface area contributed by atoms with E-state index in [9.17, 15) is 18.5 Å². The molecule has 7 heteroatoms. The fraction of sp³-hybridized carbons (Fsp3) is 0.200. The maximum Gasteiger partial charge on any atom is 0.270 e. The first-order valence-corrected chi connectivity index (χ1v) is 8.12. The van der Waals surface area contributed by atoms with Crippen molar-refractivity contribution < 1.29 is 13.3 Å². The lowest BCUT2D eigenvalue weighted by molar-refractivity contribution is -0.385. The third-order valence-corrected chi connectivity index (χ3v) is 4.99. The summed E-state index contributed by atoms with van der Waals surface area (Å²) in [5.74, 6) is 0. The smallest absolute Gasteiger partial charge is 0.258 e. The molecular weight excluding hydrogens is 304 g/mol. The number of non-ortho nitro benzene ring substituents is 1. The third kappa shape index (κ3) is 3.49. The molecule has 0 unspecified atom stereocenters. The van der Waals surface area contributed by atoms with Gasteiger partial charge in [0.25, 0.3) is 5.69 Å². The summed E-state index contributed by atoms with van der Waals surface area (Å²) in [6, 6.07) is 12.5. The zero-order chi connectivity index (χ0) is 16.3. The molecule has 6 nitrogen and oxygen atoms in total. The summed E-state index contributed by atoms with van der Waals surface area (Å²) in [4.78, 5) is 10.1. The molecule has 116 valence electrons. The van der Waals surface area contributed by atoms with Crippen molar-refractivity contribution in [1.29, 1.82) is 0 Å². The van der Waals surface area contributed by atoms with Gasteiger partial charge in [-0.05, 0) is 25.0 Å². The van der Waals surface area contributed by atoms with Crippen LogP contribution in [0.15, 0.2) is 53.4 Å². The van der Waals surface area contributed by atoms with Crippen LogP contribution in [0.5, 0.6) is 0 Å². The summed E-state index contributed by atoms with van der Waals surface area (Å²) in [6.45, 7) is 3.32. The van der Waals surface area contributed by atoms with E-state index in [2.05, 4.69) is 4.72 Å². The predicted octanol–water partition coefficient (Wildman–Crippen LogP) is 2.94. The molecule has 0 bridgehead atoms. The summed E-state index contributed by atoms with van der Waals surface area (Å²) < 4.78 is 27.5. The van der Waals surface area contributed by atoms with E-state index >= 15 is 0 Å². The summed E-state index contributed by atoms with van der Waals surface area (Å²) in [7, 11) is -3.85. The van der Waals surface area contributed by atoms with Crippen LogP contribution < -0.4 is 4.72 Å². The van der Waals surface area contributed by atoms with Gasteiger partial charge in [-0.2, -0.15) is 0 Å². The number of nitro groups is 1. The highest BCUT2D eigenvalue weighted by atomic mass is 32.2. The molecule has 0 aliphatic carbocycles. The maximum absolute atomic E-state index is 12.5. The Kier molecular flexibility index (Phi) is 4.58. The van der Waals surface area contributed by atoms with Gasteiger partial charge in [0, 0.05) is 18.2 Å². The van der Waals surface area contributed by atoms with Crippen LogP contribution in [-0.4, -0.2) is 13.3 Å². The Hall–Kier alpha value is -2.25. The molecule has 1 atom stereocenters. The van der Waals surface area contributed by atoms with Crippen LogP contribution in [0.3, 0.4) is 0 Å². The van der Waals surface area contributed by atoms with E-state index in [1.807, 2.05) is 30.3 Å². The van der Waals surface area contributed by atoms with Crippen LogP contribution in [0.1, 0.15) is 24.1 Å². The van der Waals surface area contributed by atoms with E-state index in [1.54, 1.807) is 13.8 Å². The van der Waals surface area contributed by atoms with Crippen molar-refractivity contribution >= 4 is 15.7 Å². The number of benzene rings is 2. The highest BCUT2D eigenvalue weighted by molar-refractivity contribution is 7.89. The molecular formula is C15H16N2O4S. The molecule has 0 fully saturated rings. The summed E-state index contributed by atoms with van der Waals surface area (Å²) >= 11 is 0. The van der Waals surface area contributed by atoms with Gasteiger partial charge in [-0.3, -0.25) is 10.1 Å². The second-order valence-corrected chi connectivity index (χ2v) is 6.64. The lowest BCUT2D eigenvalue weighted by Gasteiger charge is -2.15. The van der Waals surface area contributed by atoms with E-state index in [4.69, 9.17) is 0 Å². The van der Waals surface area contributed by atoms with Crippen LogP contribution in [0.4, 0.5) is 5.69 Å². The van der Waals surface area contributed by atoms with Gasteiger partial charge in [0.15, 0.2) is 0 Å². The van der Waals surface area contributed by atoms with E-state index < -0.39 is 21.0 Å². The largest absolute Gasteiger partial charge is 0.270 e. The first-order valence-electron chi connectivity index (χ1n) is 6.63. The first kappa shape index (κ1) is 16.1.